The number of alkyl halides is 3. The van der Waals surface area contributed by atoms with Crippen molar-refractivity contribution in [3.8, 4) is 16.9 Å². The van der Waals surface area contributed by atoms with E-state index in [9.17, 15) is 13.2 Å². The zero-order valence-corrected chi connectivity index (χ0v) is 23.4. The molecule has 5 rings (SSSR count). The zero-order valence-electron chi connectivity index (χ0n) is 22.6. The highest BCUT2D eigenvalue weighted by Crippen LogP contribution is 2.40. The van der Waals surface area contributed by atoms with Gasteiger partial charge in [0.25, 0.3) is 6.47 Å². The molecule has 1 fully saturated rings. The van der Waals surface area contributed by atoms with Crippen LogP contribution in [0.5, 0.6) is 5.75 Å². The van der Waals surface area contributed by atoms with Gasteiger partial charge in [0.15, 0.2) is 0 Å². The summed E-state index contributed by atoms with van der Waals surface area (Å²) in [5.74, 6) is 0.299. The van der Waals surface area contributed by atoms with Crippen molar-refractivity contribution in [2.75, 3.05) is 12.4 Å². The van der Waals surface area contributed by atoms with Crippen LogP contribution in [0.15, 0.2) is 65.9 Å². The number of methoxy groups -OCH3 is 1. The normalized spacial score (nSPS) is 17.3. The van der Waals surface area contributed by atoms with Gasteiger partial charge >= 0.3 is 6.18 Å². The molecule has 0 aliphatic heterocycles. The molecule has 0 spiro atoms. The Hall–Kier alpha value is -4.29. The first-order valence-electron chi connectivity index (χ1n) is 13.0. The number of anilines is 1. The summed E-state index contributed by atoms with van der Waals surface area (Å²) in [5.41, 5.74) is 14.4. The molecule has 0 amide bonds. The van der Waals surface area contributed by atoms with Crippen LogP contribution in [0.25, 0.3) is 16.6 Å². The molecule has 0 unspecified atom stereocenters. The number of amidine groups is 1. The number of aliphatic imine (C=N–C) groups is 1. The van der Waals surface area contributed by atoms with Crippen LogP contribution in [-0.4, -0.2) is 46.2 Å². The van der Waals surface area contributed by atoms with Crippen LogP contribution in [0.4, 0.5) is 24.5 Å². The molecule has 1 saturated carbocycles. The highest BCUT2D eigenvalue weighted by Gasteiger charge is 2.34. The number of rotatable bonds is 6. The molecule has 0 radical (unpaired) electrons. The topological polar surface area (TPSA) is 140 Å². The lowest BCUT2D eigenvalue weighted by molar-refractivity contribution is -0.137. The molecule has 0 bridgehead atoms. The van der Waals surface area contributed by atoms with Gasteiger partial charge in [-0.1, -0.05) is 29.8 Å². The van der Waals surface area contributed by atoms with Crippen LogP contribution >= 0.6 is 11.6 Å². The monoisotopic (exact) mass is 602 g/mol. The molecule has 2 heterocycles. The number of carbonyl (C=O) groups is 1. The second-order valence-corrected chi connectivity index (χ2v) is 10.1. The van der Waals surface area contributed by atoms with Crippen molar-refractivity contribution in [2.24, 2.45) is 16.5 Å². The van der Waals surface area contributed by atoms with Crippen molar-refractivity contribution in [1.82, 2.24) is 9.61 Å². The first-order chi connectivity index (χ1) is 20.0. The van der Waals surface area contributed by atoms with E-state index in [0.717, 1.165) is 31.7 Å². The van der Waals surface area contributed by atoms with Gasteiger partial charge in [-0.2, -0.15) is 18.3 Å². The number of hydrogen-bond donors (Lipinski definition) is 4. The third kappa shape index (κ3) is 6.94. The van der Waals surface area contributed by atoms with E-state index < -0.39 is 11.7 Å². The minimum absolute atomic E-state index is 0.0163. The summed E-state index contributed by atoms with van der Waals surface area (Å²) >= 11 is 6.29. The molecular weight excluding hydrogens is 573 g/mol. The number of hydrogen-bond acceptors (Lipinski definition) is 6. The highest BCUT2D eigenvalue weighted by molar-refractivity contribution is 6.33. The summed E-state index contributed by atoms with van der Waals surface area (Å²) in [7, 11) is 1.33. The lowest BCUT2D eigenvalue weighted by Crippen LogP contribution is -2.33. The van der Waals surface area contributed by atoms with Crippen LogP contribution in [-0.2, 0) is 11.0 Å². The first kappa shape index (κ1) is 30.7. The number of benzene rings is 2. The van der Waals surface area contributed by atoms with Crippen LogP contribution in [0.1, 0.15) is 36.8 Å². The average molecular weight is 603 g/mol. The minimum atomic E-state index is -4.58. The number of carboxylic acid groups (broad SMARTS) is 1. The molecule has 6 N–H and O–H groups in total. The number of para-hydroxylation sites is 1. The lowest BCUT2D eigenvalue weighted by Gasteiger charge is -2.28. The second-order valence-electron chi connectivity index (χ2n) is 9.71. The molecule has 1 aliphatic rings. The molecule has 1 aliphatic carbocycles. The third-order valence-electron chi connectivity index (χ3n) is 6.97. The molecule has 0 atom stereocenters. The van der Waals surface area contributed by atoms with E-state index in [1.165, 1.54) is 19.2 Å². The Morgan fingerprint density at radius 2 is 1.88 bits per heavy atom. The van der Waals surface area contributed by atoms with Gasteiger partial charge in [-0.25, -0.2) is 9.51 Å². The fraction of sp³-hybridized carbons (Fsp3) is 0.276. The van der Waals surface area contributed by atoms with Gasteiger partial charge in [-0.3, -0.25) is 4.79 Å². The number of halogens is 4. The van der Waals surface area contributed by atoms with Crippen molar-refractivity contribution in [3.05, 3.63) is 77.1 Å². The van der Waals surface area contributed by atoms with Crippen molar-refractivity contribution in [2.45, 2.75) is 43.9 Å². The standard InChI is InChI=1S/C28H28ClF3N6O.CH2O2/c1-39-19-10-11-20(22(13-19)28(30,31)32)16-12-25-26(36-18-8-6-17(33)7-9-18)21(14-35-38(25)15-16)27(34)37-24-5-3-2-4-23(24)29;2-1-3/h2-5,10-15,17-18,36H,6-9,33H2,1H3,(H2,34,37);1H,(H,2,3)/t17-,18-;. The van der Waals surface area contributed by atoms with Crippen LogP contribution in [0, 0.1) is 0 Å². The summed E-state index contributed by atoms with van der Waals surface area (Å²) in [4.78, 5) is 12.9. The van der Waals surface area contributed by atoms with Gasteiger partial charge in [0.2, 0.25) is 0 Å². The fourth-order valence-electron chi connectivity index (χ4n) is 4.89. The van der Waals surface area contributed by atoms with E-state index in [2.05, 4.69) is 15.4 Å². The van der Waals surface area contributed by atoms with E-state index >= 15 is 0 Å². The predicted molar refractivity (Wildman–Crippen MR) is 157 cm³/mol. The van der Waals surface area contributed by atoms with Crippen LogP contribution < -0.4 is 21.5 Å². The number of ether oxygens (including phenoxy) is 1. The van der Waals surface area contributed by atoms with Gasteiger partial charge in [0.1, 0.15) is 11.6 Å². The molecule has 4 aromatic rings. The maximum atomic E-state index is 14.0. The Bertz CT molecular complexity index is 1580. The number of nitrogens with zero attached hydrogens (tertiary/aromatic N) is 3. The van der Waals surface area contributed by atoms with E-state index in [1.54, 1.807) is 47.2 Å². The Morgan fingerprint density at radius 1 is 1.19 bits per heavy atom. The van der Waals surface area contributed by atoms with Gasteiger partial charge in [0, 0.05) is 23.8 Å². The average Bonchev–Trinajstić information content (AvgIpc) is 3.40. The van der Waals surface area contributed by atoms with Crippen molar-refractivity contribution in [1.29, 1.82) is 0 Å². The Morgan fingerprint density at radius 3 is 2.52 bits per heavy atom. The molecule has 2 aromatic carbocycles. The Labute approximate surface area is 244 Å². The van der Waals surface area contributed by atoms with Gasteiger partial charge < -0.3 is 26.6 Å². The highest BCUT2D eigenvalue weighted by atomic mass is 35.5. The summed E-state index contributed by atoms with van der Waals surface area (Å²) in [5, 5.41) is 15.4. The molecule has 9 nitrogen and oxygen atoms in total. The van der Waals surface area contributed by atoms with E-state index in [4.69, 9.17) is 37.7 Å². The summed E-state index contributed by atoms with van der Waals surface area (Å²) in [6.07, 6.45) is 1.98. The first-order valence-corrected chi connectivity index (χ1v) is 13.4. The van der Waals surface area contributed by atoms with Gasteiger partial charge in [-0.05, 0) is 61.6 Å². The smallest absolute Gasteiger partial charge is 0.417 e. The van der Waals surface area contributed by atoms with Crippen molar-refractivity contribution in [3.63, 3.8) is 0 Å². The number of fused-ring (bicyclic) bond motifs is 1. The quantitative estimate of drug-likeness (QED) is 0.119. The van der Waals surface area contributed by atoms with Gasteiger partial charge in [-0.15, -0.1) is 0 Å². The number of nitrogens with one attached hydrogen (secondary N) is 1. The molecule has 0 saturated heterocycles. The van der Waals surface area contributed by atoms with E-state index in [1.807, 2.05) is 0 Å². The van der Waals surface area contributed by atoms with E-state index in [0.29, 0.717) is 33.0 Å². The number of aromatic nitrogens is 2. The Kier molecular flexibility index (Phi) is 9.59. The predicted octanol–water partition coefficient (Wildman–Crippen LogP) is 6.10. The molecule has 2 aromatic heterocycles. The Balaban J connectivity index is 0.00000129. The maximum Gasteiger partial charge on any atom is 0.417 e. The minimum Gasteiger partial charge on any atom is -0.497 e. The molecule has 42 heavy (non-hydrogen) atoms. The van der Waals surface area contributed by atoms with Crippen molar-refractivity contribution >= 4 is 40.8 Å². The van der Waals surface area contributed by atoms with Crippen LogP contribution in [0.2, 0.25) is 5.02 Å². The summed E-state index contributed by atoms with van der Waals surface area (Å²) in [6.45, 7) is -0.250. The number of nitrogens with two attached hydrogens (primary N) is 2. The third-order valence-corrected chi connectivity index (χ3v) is 7.29. The molecule has 13 heteroatoms. The summed E-state index contributed by atoms with van der Waals surface area (Å²) < 4.78 is 48.6. The zero-order chi connectivity index (χ0) is 30.4. The van der Waals surface area contributed by atoms with Crippen molar-refractivity contribution < 1.29 is 27.8 Å². The lowest BCUT2D eigenvalue weighted by atomic mass is 9.91. The largest absolute Gasteiger partial charge is 0.497 e. The fourth-order valence-corrected chi connectivity index (χ4v) is 5.06. The van der Waals surface area contributed by atoms with E-state index in [-0.39, 0.29) is 35.7 Å². The maximum absolute atomic E-state index is 14.0. The summed E-state index contributed by atoms with van der Waals surface area (Å²) in [6, 6.07) is 12.9. The van der Waals surface area contributed by atoms with Gasteiger partial charge in [0.05, 0.1) is 46.3 Å². The second kappa shape index (κ2) is 13.1. The molecular formula is C29H30ClF3N6O3. The van der Waals surface area contributed by atoms with Crippen LogP contribution in [0.3, 0.4) is 0 Å². The molecule has 222 valence electrons. The SMILES string of the molecule is COc1ccc(-c2cc3c(N[C@H]4CC[C@H](N)CC4)c(C(N)=Nc4ccccc4Cl)cnn3c2)c(C(F)(F)F)c1.O=CO.